The Bertz CT molecular complexity index is 1030. The first-order valence-corrected chi connectivity index (χ1v) is 11.8. The van der Waals surface area contributed by atoms with Gasteiger partial charge in [-0.3, -0.25) is 14.9 Å². The smallest absolute Gasteiger partial charge is 0.410 e. The van der Waals surface area contributed by atoms with E-state index in [0.717, 1.165) is 23.4 Å². The quantitative estimate of drug-likeness (QED) is 0.624. The van der Waals surface area contributed by atoms with E-state index < -0.39 is 18.0 Å². The molecule has 4 aliphatic heterocycles. The number of aliphatic hydroxyl groups is 1. The summed E-state index contributed by atoms with van der Waals surface area (Å²) in [6.07, 6.45) is 0.0164. The van der Waals surface area contributed by atoms with Gasteiger partial charge in [0.25, 0.3) is 0 Å². The fraction of sp³-hybridized carbons (Fsp3) is 0.625. The molecule has 34 heavy (non-hydrogen) atoms. The Balaban J connectivity index is 1.34. The van der Waals surface area contributed by atoms with Crippen molar-refractivity contribution in [3.63, 3.8) is 0 Å². The maximum absolute atomic E-state index is 12.5. The molecule has 2 N–H and O–H groups in total. The highest BCUT2D eigenvalue weighted by Gasteiger charge is 2.53. The van der Waals surface area contributed by atoms with Gasteiger partial charge in [0.2, 0.25) is 18.2 Å². The molecule has 1 aromatic rings. The molecule has 0 aromatic heterocycles. The van der Waals surface area contributed by atoms with Crippen LogP contribution in [0.25, 0.3) is 0 Å². The molecule has 5 rings (SSSR count). The van der Waals surface area contributed by atoms with Crippen LogP contribution in [0.2, 0.25) is 0 Å². The zero-order chi connectivity index (χ0) is 24.4. The summed E-state index contributed by atoms with van der Waals surface area (Å²) in [5.41, 5.74) is 1.76. The lowest BCUT2D eigenvalue weighted by atomic mass is 9.84. The molecule has 184 valence electrons. The molecule has 3 atom stereocenters. The first-order valence-electron chi connectivity index (χ1n) is 11.8. The Morgan fingerprint density at radius 1 is 1.26 bits per heavy atom. The minimum Gasteiger partial charge on any atom is -0.444 e. The molecule has 3 saturated heterocycles. The molecule has 0 aliphatic carbocycles. The number of nitrogens with one attached hydrogen (secondary N) is 1. The number of aliphatic hydroxyl groups excluding tert-OH is 1. The number of ether oxygens (including phenoxy) is 2. The Morgan fingerprint density at radius 3 is 2.68 bits per heavy atom. The third-order valence-electron chi connectivity index (χ3n) is 7.08. The number of piperidine rings is 1. The van der Waals surface area contributed by atoms with Crippen molar-refractivity contribution in [2.24, 2.45) is 0 Å². The standard InChI is InChI=1S/C24H32N4O6/c1-23(2,3)34-22(32)27-12-24(13-27)10-14(11-33-24)15-6-5-7-16-19(15)26(4)21(31)28(16)17-8-9-18(29)25-20(17)30/h5-7,14,17,21,31H,8-13H2,1-4H3,(H,25,29,30). The Morgan fingerprint density at radius 2 is 2.00 bits per heavy atom. The fourth-order valence-corrected chi connectivity index (χ4v) is 5.54. The molecule has 3 fully saturated rings. The number of carbonyl (C=O) groups excluding carboxylic acids is 3. The fourth-order valence-electron chi connectivity index (χ4n) is 5.54. The first kappa shape index (κ1) is 22.9. The summed E-state index contributed by atoms with van der Waals surface area (Å²) in [5, 5.41) is 13.4. The van der Waals surface area contributed by atoms with Gasteiger partial charge in [0.1, 0.15) is 17.2 Å². The summed E-state index contributed by atoms with van der Waals surface area (Å²) < 4.78 is 11.7. The van der Waals surface area contributed by atoms with Crippen molar-refractivity contribution in [3.8, 4) is 0 Å². The van der Waals surface area contributed by atoms with Gasteiger partial charge in [0.15, 0.2) is 0 Å². The van der Waals surface area contributed by atoms with Crippen LogP contribution in [0.1, 0.15) is 51.5 Å². The van der Waals surface area contributed by atoms with Crippen LogP contribution in [-0.2, 0) is 19.1 Å². The lowest BCUT2D eigenvalue weighted by molar-refractivity contribution is -0.134. The summed E-state index contributed by atoms with van der Waals surface area (Å²) >= 11 is 0. The van der Waals surface area contributed by atoms with E-state index in [1.807, 2.05) is 39.0 Å². The number of imide groups is 1. The zero-order valence-corrected chi connectivity index (χ0v) is 20.0. The molecule has 4 aliphatic rings. The topological polar surface area (TPSA) is 112 Å². The van der Waals surface area contributed by atoms with E-state index >= 15 is 0 Å². The molecule has 10 heteroatoms. The van der Waals surface area contributed by atoms with E-state index in [9.17, 15) is 19.5 Å². The number of rotatable bonds is 2. The van der Waals surface area contributed by atoms with Crippen LogP contribution in [0.5, 0.6) is 0 Å². The molecule has 3 amide bonds. The van der Waals surface area contributed by atoms with E-state index in [-0.39, 0.29) is 35.8 Å². The van der Waals surface area contributed by atoms with Gasteiger partial charge in [-0.25, -0.2) is 4.79 Å². The van der Waals surface area contributed by atoms with Gasteiger partial charge >= 0.3 is 6.09 Å². The van der Waals surface area contributed by atoms with E-state index in [2.05, 4.69) is 5.32 Å². The largest absolute Gasteiger partial charge is 0.444 e. The number of likely N-dealkylation sites (tertiary alicyclic amines) is 1. The van der Waals surface area contributed by atoms with Gasteiger partial charge in [0, 0.05) is 19.4 Å². The summed E-state index contributed by atoms with van der Waals surface area (Å²) in [6.45, 7) is 7.05. The van der Waals surface area contributed by atoms with Crippen molar-refractivity contribution in [1.82, 2.24) is 10.2 Å². The van der Waals surface area contributed by atoms with E-state index in [0.29, 0.717) is 26.1 Å². The van der Waals surface area contributed by atoms with E-state index in [1.54, 1.807) is 21.7 Å². The van der Waals surface area contributed by atoms with Crippen molar-refractivity contribution in [2.75, 3.05) is 36.5 Å². The van der Waals surface area contributed by atoms with E-state index in [4.69, 9.17) is 9.47 Å². The first-order chi connectivity index (χ1) is 16.0. The van der Waals surface area contributed by atoms with Crippen LogP contribution in [0.3, 0.4) is 0 Å². The van der Waals surface area contributed by atoms with Gasteiger partial charge in [-0.1, -0.05) is 12.1 Å². The maximum atomic E-state index is 12.5. The second-order valence-corrected chi connectivity index (χ2v) is 10.8. The molecule has 1 spiro atoms. The second-order valence-electron chi connectivity index (χ2n) is 10.8. The molecule has 0 saturated carbocycles. The van der Waals surface area contributed by atoms with Crippen LogP contribution < -0.4 is 15.1 Å². The van der Waals surface area contributed by atoms with Crippen molar-refractivity contribution in [3.05, 3.63) is 23.8 Å². The van der Waals surface area contributed by atoms with Gasteiger partial charge in [-0.15, -0.1) is 0 Å². The van der Waals surface area contributed by atoms with Crippen molar-refractivity contribution < 1.29 is 29.0 Å². The summed E-state index contributed by atoms with van der Waals surface area (Å²) in [6, 6.07) is 5.24. The van der Waals surface area contributed by atoms with Gasteiger partial charge in [-0.05, 0) is 45.2 Å². The molecule has 0 radical (unpaired) electrons. The number of hydrogen-bond donors (Lipinski definition) is 2. The lowest BCUT2D eigenvalue weighted by Gasteiger charge is -2.47. The average Bonchev–Trinajstić information content (AvgIpc) is 3.27. The van der Waals surface area contributed by atoms with Crippen LogP contribution in [0.15, 0.2) is 18.2 Å². The summed E-state index contributed by atoms with van der Waals surface area (Å²) in [7, 11) is 1.80. The number of hydrogen-bond acceptors (Lipinski definition) is 8. The van der Waals surface area contributed by atoms with Crippen LogP contribution in [0, 0.1) is 0 Å². The number of carbonyl (C=O) groups is 3. The summed E-state index contributed by atoms with van der Waals surface area (Å²) in [4.78, 5) is 41.6. The molecular weight excluding hydrogens is 440 g/mol. The van der Waals surface area contributed by atoms with Crippen LogP contribution >= 0.6 is 0 Å². The highest BCUT2D eigenvalue weighted by Crippen LogP contribution is 2.50. The Labute approximate surface area is 198 Å². The number of nitrogens with zero attached hydrogens (tertiary/aromatic N) is 3. The SMILES string of the molecule is CN1c2c(C3COC4(C3)CN(C(=O)OC(C)(C)C)C4)cccc2N(C2CCC(=O)NC2=O)C1O. The number of benzene rings is 1. The normalized spacial score (nSPS) is 28.1. The third kappa shape index (κ3) is 3.78. The number of anilines is 2. The molecule has 1 aromatic carbocycles. The van der Waals surface area contributed by atoms with Crippen molar-refractivity contribution >= 4 is 29.3 Å². The lowest BCUT2D eigenvalue weighted by Crippen LogP contribution is -2.63. The zero-order valence-electron chi connectivity index (χ0n) is 20.0. The molecule has 3 unspecified atom stereocenters. The van der Waals surface area contributed by atoms with Crippen LogP contribution in [-0.4, -0.2) is 78.3 Å². The third-order valence-corrected chi connectivity index (χ3v) is 7.08. The van der Waals surface area contributed by atoms with Gasteiger partial charge in [-0.2, -0.15) is 0 Å². The predicted molar refractivity (Wildman–Crippen MR) is 123 cm³/mol. The minimum atomic E-state index is -1.01. The second kappa shape index (κ2) is 7.84. The number of fused-ring (bicyclic) bond motifs is 1. The molecular formula is C24H32N4O6. The molecule has 10 nitrogen and oxygen atoms in total. The highest BCUT2D eigenvalue weighted by atomic mass is 16.6. The monoisotopic (exact) mass is 472 g/mol. The number of para-hydroxylation sites is 1. The predicted octanol–water partition coefficient (Wildman–Crippen LogP) is 1.52. The van der Waals surface area contributed by atoms with Crippen molar-refractivity contribution in [1.29, 1.82) is 0 Å². The molecule has 4 heterocycles. The average molecular weight is 473 g/mol. The number of amides is 3. The Hall–Kier alpha value is -2.85. The summed E-state index contributed by atoms with van der Waals surface area (Å²) in [5.74, 6) is -0.583. The van der Waals surface area contributed by atoms with Crippen LogP contribution in [0.4, 0.5) is 16.2 Å². The highest BCUT2D eigenvalue weighted by molar-refractivity contribution is 6.02. The van der Waals surface area contributed by atoms with E-state index in [1.165, 1.54) is 0 Å². The minimum absolute atomic E-state index is 0.0899. The molecule has 0 bridgehead atoms. The van der Waals surface area contributed by atoms with Gasteiger partial charge in [0.05, 0.1) is 31.1 Å². The maximum Gasteiger partial charge on any atom is 0.410 e. The van der Waals surface area contributed by atoms with Gasteiger partial charge < -0.3 is 29.3 Å². The van der Waals surface area contributed by atoms with Crippen molar-refractivity contribution in [2.45, 2.75) is 69.5 Å². The Kier molecular flexibility index (Phi) is 5.29.